The Hall–Kier alpha value is -0.660. The molecule has 0 radical (unpaired) electrons. The smallest absolute Gasteiger partial charge is 0.140 e. The second kappa shape index (κ2) is 2.43. The Kier molecular flexibility index (Phi) is 1.67. The Morgan fingerprint density at radius 2 is 2.15 bits per heavy atom. The molecule has 0 amide bonds. The summed E-state index contributed by atoms with van der Waals surface area (Å²) >= 11 is 0. The van der Waals surface area contributed by atoms with E-state index in [1.54, 1.807) is 6.92 Å². The molecule has 2 fully saturated rings. The quantitative estimate of drug-likeness (QED) is 0.652. The van der Waals surface area contributed by atoms with Gasteiger partial charge in [-0.1, -0.05) is 13.3 Å². The summed E-state index contributed by atoms with van der Waals surface area (Å²) in [4.78, 5) is 22.7. The number of hydrogen-bond donors (Lipinski definition) is 0. The first-order valence-corrected chi connectivity index (χ1v) is 5.03. The largest absolute Gasteiger partial charge is 0.300 e. The molecule has 72 valence electrons. The zero-order chi connectivity index (χ0) is 9.69. The fraction of sp³-hybridized carbons (Fsp3) is 0.818. The van der Waals surface area contributed by atoms with E-state index in [1.165, 1.54) is 0 Å². The number of Topliss-reactive ketones (excluding diaryl/α,β-unsaturated/α-hetero) is 2. The van der Waals surface area contributed by atoms with Crippen molar-refractivity contribution >= 4 is 11.6 Å². The molecule has 2 atom stereocenters. The summed E-state index contributed by atoms with van der Waals surface area (Å²) in [6.45, 7) is 3.77. The fourth-order valence-electron chi connectivity index (χ4n) is 3.30. The lowest BCUT2D eigenvalue weighted by atomic mass is 9.49. The van der Waals surface area contributed by atoms with Crippen LogP contribution in [0.5, 0.6) is 0 Å². The van der Waals surface area contributed by atoms with E-state index in [9.17, 15) is 9.59 Å². The molecule has 2 rings (SSSR count). The molecule has 0 N–H and O–H groups in total. The average Bonchev–Trinajstić information content (AvgIpc) is 2.24. The average molecular weight is 180 g/mol. The molecule has 0 spiro atoms. The van der Waals surface area contributed by atoms with Gasteiger partial charge in [-0.2, -0.15) is 0 Å². The summed E-state index contributed by atoms with van der Waals surface area (Å²) in [7, 11) is 0. The van der Waals surface area contributed by atoms with E-state index < -0.39 is 0 Å². The van der Waals surface area contributed by atoms with Crippen molar-refractivity contribution in [1.29, 1.82) is 0 Å². The van der Waals surface area contributed by atoms with Gasteiger partial charge in [0, 0.05) is 18.3 Å². The van der Waals surface area contributed by atoms with E-state index in [0.29, 0.717) is 18.6 Å². The van der Waals surface area contributed by atoms with Crippen molar-refractivity contribution in [2.24, 2.45) is 10.8 Å². The minimum Gasteiger partial charge on any atom is -0.300 e. The zero-order valence-corrected chi connectivity index (χ0v) is 8.35. The summed E-state index contributed by atoms with van der Waals surface area (Å²) in [5, 5.41) is 0. The molecule has 0 aromatic carbocycles. The second-order valence-corrected chi connectivity index (χ2v) is 4.98. The summed E-state index contributed by atoms with van der Waals surface area (Å²) in [5.74, 6) is 0.504. The van der Waals surface area contributed by atoms with Crippen LogP contribution in [0.4, 0.5) is 0 Å². The van der Waals surface area contributed by atoms with Crippen molar-refractivity contribution in [3.8, 4) is 0 Å². The van der Waals surface area contributed by atoms with E-state index in [-0.39, 0.29) is 16.6 Å². The van der Waals surface area contributed by atoms with Crippen LogP contribution in [0.15, 0.2) is 0 Å². The maximum Gasteiger partial charge on any atom is 0.140 e. The van der Waals surface area contributed by atoms with Crippen molar-refractivity contribution in [3.05, 3.63) is 0 Å². The van der Waals surface area contributed by atoms with Crippen LogP contribution in [0.3, 0.4) is 0 Å². The highest BCUT2D eigenvalue weighted by molar-refractivity contribution is 5.97. The third kappa shape index (κ3) is 0.946. The van der Waals surface area contributed by atoms with Gasteiger partial charge in [-0.25, -0.2) is 0 Å². The summed E-state index contributed by atoms with van der Waals surface area (Å²) in [5.41, 5.74) is -0.0748. The minimum atomic E-state index is -0.237. The highest BCUT2D eigenvalue weighted by Crippen LogP contribution is 2.65. The van der Waals surface area contributed by atoms with E-state index in [0.717, 1.165) is 19.3 Å². The lowest BCUT2D eigenvalue weighted by Gasteiger charge is -2.51. The molecular weight excluding hydrogens is 164 g/mol. The van der Waals surface area contributed by atoms with Gasteiger partial charge >= 0.3 is 0 Å². The highest BCUT2D eigenvalue weighted by atomic mass is 16.1. The first-order chi connectivity index (χ1) is 6.00. The van der Waals surface area contributed by atoms with Gasteiger partial charge in [-0.3, -0.25) is 9.59 Å². The van der Waals surface area contributed by atoms with Gasteiger partial charge in [0.05, 0.1) is 0 Å². The van der Waals surface area contributed by atoms with Crippen LogP contribution in [0, 0.1) is 10.8 Å². The molecule has 2 aliphatic rings. The molecule has 0 aliphatic heterocycles. The second-order valence-electron chi connectivity index (χ2n) is 4.98. The summed E-state index contributed by atoms with van der Waals surface area (Å²) in [6.07, 6.45) is 4.39. The predicted molar refractivity (Wildman–Crippen MR) is 49.3 cm³/mol. The molecule has 0 heterocycles. The van der Waals surface area contributed by atoms with Crippen LogP contribution < -0.4 is 0 Å². The van der Waals surface area contributed by atoms with Crippen LogP contribution >= 0.6 is 0 Å². The van der Waals surface area contributed by atoms with Crippen molar-refractivity contribution in [1.82, 2.24) is 0 Å². The molecule has 0 saturated heterocycles. The number of fused-ring (bicyclic) bond motifs is 1. The molecule has 2 saturated carbocycles. The number of ketones is 2. The lowest BCUT2D eigenvalue weighted by molar-refractivity contribution is -0.157. The van der Waals surface area contributed by atoms with E-state index in [4.69, 9.17) is 0 Å². The maximum absolute atomic E-state index is 11.6. The molecule has 13 heavy (non-hydrogen) atoms. The summed E-state index contributed by atoms with van der Waals surface area (Å²) < 4.78 is 0. The molecule has 0 aromatic heterocycles. The number of carbonyl (C=O) groups is 2. The van der Waals surface area contributed by atoms with Crippen LogP contribution in [-0.4, -0.2) is 11.6 Å². The van der Waals surface area contributed by atoms with Crippen molar-refractivity contribution in [2.75, 3.05) is 0 Å². The Morgan fingerprint density at radius 3 is 2.62 bits per heavy atom. The van der Waals surface area contributed by atoms with Crippen LogP contribution in [0.25, 0.3) is 0 Å². The van der Waals surface area contributed by atoms with Crippen LogP contribution in [0.1, 0.15) is 46.0 Å². The first kappa shape index (κ1) is 8.92. The number of carbonyl (C=O) groups excluding carboxylic acids is 2. The van der Waals surface area contributed by atoms with E-state index >= 15 is 0 Å². The predicted octanol–water partition coefficient (Wildman–Crippen LogP) is 2.11. The van der Waals surface area contributed by atoms with Gasteiger partial charge in [-0.05, 0) is 25.2 Å². The number of rotatable bonds is 2. The normalized spacial score (nSPS) is 42.8. The van der Waals surface area contributed by atoms with Gasteiger partial charge in [0.15, 0.2) is 0 Å². The van der Waals surface area contributed by atoms with Gasteiger partial charge in [0.1, 0.15) is 11.6 Å². The molecule has 0 aromatic rings. The van der Waals surface area contributed by atoms with Crippen molar-refractivity contribution in [3.63, 3.8) is 0 Å². The van der Waals surface area contributed by atoms with Crippen LogP contribution in [-0.2, 0) is 9.59 Å². The Morgan fingerprint density at radius 1 is 1.46 bits per heavy atom. The molecule has 0 bridgehead atoms. The van der Waals surface area contributed by atoms with Gasteiger partial charge in [-0.15, -0.1) is 0 Å². The minimum absolute atomic E-state index is 0.162. The fourth-order valence-corrected chi connectivity index (χ4v) is 3.30. The lowest BCUT2D eigenvalue weighted by Crippen LogP contribution is -2.54. The van der Waals surface area contributed by atoms with Crippen molar-refractivity contribution < 1.29 is 9.59 Å². The van der Waals surface area contributed by atoms with Crippen LogP contribution in [0.2, 0.25) is 0 Å². The van der Waals surface area contributed by atoms with Gasteiger partial charge in [0.25, 0.3) is 0 Å². The standard InChI is InChI=1S/C11H16O2/c1-8(12)6-11-5-3-4-10(11,2)7-9(11)13/h3-7H2,1-2H3/t10-,11-/m1/s1. The molecule has 2 nitrogen and oxygen atoms in total. The third-order valence-corrected chi connectivity index (χ3v) is 4.12. The maximum atomic E-state index is 11.6. The summed E-state index contributed by atoms with van der Waals surface area (Å²) in [6, 6.07) is 0. The SMILES string of the molecule is CC(=O)C[C@@]12CCC[C@]1(C)CC2=O. The monoisotopic (exact) mass is 180 g/mol. The molecular formula is C11H16O2. The van der Waals surface area contributed by atoms with Gasteiger partial charge < -0.3 is 0 Å². The Bertz CT molecular complexity index is 282. The van der Waals surface area contributed by atoms with E-state index in [1.807, 2.05) is 0 Å². The van der Waals surface area contributed by atoms with E-state index in [2.05, 4.69) is 6.92 Å². The first-order valence-electron chi connectivity index (χ1n) is 5.03. The van der Waals surface area contributed by atoms with Crippen molar-refractivity contribution in [2.45, 2.75) is 46.0 Å². The molecule has 2 heteroatoms. The third-order valence-electron chi connectivity index (χ3n) is 4.12. The molecule has 0 unspecified atom stereocenters. The van der Waals surface area contributed by atoms with Gasteiger partial charge in [0.2, 0.25) is 0 Å². The number of hydrogen-bond acceptors (Lipinski definition) is 2. The Balaban J connectivity index is 2.27. The topological polar surface area (TPSA) is 34.1 Å². The molecule has 2 aliphatic carbocycles. The zero-order valence-electron chi connectivity index (χ0n) is 8.35. The highest BCUT2D eigenvalue weighted by Gasteiger charge is 2.64. The Labute approximate surface area is 78.7 Å².